The van der Waals surface area contributed by atoms with Crippen molar-refractivity contribution in [2.24, 2.45) is 0 Å². The molecule has 0 saturated heterocycles. The summed E-state index contributed by atoms with van der Waals surface area (Å²) in [5.41, 5.74) is 0. The van der Waals surface area contributed by atoms with Crippen molar-refractivity contribution in [3.05, 3.63) is 12.4 Å². The van der Waals surface area contributed by atoms with Crippen molar-refractivity contribution in [2.45, 2.75) is 24.8 Å². The summed E-state index contributed by atoms with van der Waals surface area (Å²) in [5.74, 6) is 0. The maximum Gasteiger partial charge on any atom is 0.246 e. The molecule has 0 saturated carbocycles. The van der Waals surface area contributed by atoms with E-state index in [4.69, 9.17) is 0 Å². The molecule has 0 radical (unpaired) electrons. The Morgan fingerprint density at radius 2 is 2.12 bits per heavy atom. The molecule has 1 aromatic heterocycles. The van der Waals surface area contributed by atoms with Crippen molar-refractivity contribution < 1.29 is 8.42 Å². The Bertz CT molecular complexity index is 427. The molecule has 1 heterocycles. The zero-order valence-electron chi connectivity index (χ0n) is 10.7. The van der Waals surface area contributed by atoms with Crippen molar-refractivity contribution in [1.82, 2.24) is 19.4 Å². The van der Waals surface area contributed by atoms with Crippen molar-refractivity contribution in [1.29, 1.82) is 0 Å². The van der Waals surface area contributed by atoms with Gasteiger partial charge < -0.3 is 4.90 Å². The Hall–Kier alpha value is -0.920. The fourth-order valence-electron chi connectivity index (χ4n) is 1.85. The second-order valence-electron chi connectivity index (χ2n) is 4.25. The molecule has 0 amide bonds. The number of H-pyrrole nitrogens is 1. The highest BCUT2D eigenvalue weighted by Crippen LogP contribution is 2.16. The third-order valence-electron chi connectivity index (χ3n) is 2.51. The fraction of sp³-hybridized carbons (Fsp3) is 0.700. The molecule has 0 aliphatic heterocycles. The smallest absolute Gasteiger partial charge is 0.246 e. The summed E-state index contributed by atoms with van der Waals surface area (Å²) in [6, 6.07) is -0.0742. The van der Waals surface area contributed by atoms with E-state index >= 15 is 0 Å². The molecular formula is C10H20N4O2S. The molecule has 1 N–H and O–H groups in total. The molecule has 1 unspecified atom stereocenters. The Kier molecular flexibility index (Phi) is 4.67. The molecule has 1 aromatic rings. The van der Waals surface area contributed by atoms with Gasteiger partial charge in [-0.15, -0.1) is 0 Å². The summed E-state index contributed by atoms with van der Waals surface area (Å²) in [6.45, 7) is 4.87. The Balaban J connectivity index is 2.94. The van der Waals surface area contributed by atoms with Crippen LogP contribution in [0.5, 0.6) is 0 Å². The third kappa shape index (κ3) is 3.27. The van der Waals surface area contributed by atoms with Crippen molar-refractivity contribution in [3.63, 3.8) is 0 Å². The first-order valence-corrected chi connectivity index (χ1v) is 6.99. The summed E-state index contributed by atoms with van der Waals surface area (Å²) in [4.78, 5) is 2.18. The van der Waals surface area contributed by atoms with E-state index in [0.717, 1.165) is 0 Å². The summed E-state index contributed by atoms with van der Waals surface area (Å²) < 4.78 is 26.1. The molecule has 0 spiro atoms. The van der Waals surface area contributed by atoms with E-state index in [1.165, 1.54) is 16.7 Å². The topological polar surface area (TPSA) is 69.3 Å². The van der Waals surface area contributed by atoms with Crippen LogP contribution in [0.15, 0.2) is 17.3 Å². The predicted octanol–water partition coefficient (Wildman–Crippen LogP) is 0.370. The van der Waals surface area contributed by atoms with Gasteiger partial charge in [0.15, 0.2) is 0 Å². The Morgan fingerprint density at radius 3 is 2.53 bits per heavy atom. The van der Waals surface area contributed by atoms with E-state index in [-0.39, 0.29) is 10.9 Å². The van der Waals surface area contributed by atoms with Crippen LogP contribution in [-0.4, -0.2) is 61.0 Å². The number of aromatic amines is 1. The van der Waals surface area contributed by atoms with E-state index in [0.29, 0.717) is 13.1 Å². The molecule has 0 aliphatic rings. The van der Waals surface area contributed by atoms with Crippen LogP contribution < -0.4 is 0 Å². The quantitative estimate of drug-likeness (QED) is 0.802. The summed E-state index contributed by atoms with van der Waals surface area (Å²) in [6.07, 6.45) is 2.74. The van der Waals surface area contributed by atoms with Gasteiger partial charge in [-0.3, -0.25) is 5.10 Å². The van der Waals surface area contributed by atoms with Gasteiger partial charge in [0.05, 0.1) is 6.20 Å². The zero-order chi connectivity index (χ0) is 13.1. The average molecular weight is 260 g/mol. The second-order valence-corrected chi connectivity index (χ2v) is 6.14. The lowest BCUT2D eigenvalue weighted by molar-refractivity contribution is 0.271. The Morgan fingerprint density at radius 1 is 1.47 bits per heavy atom. The largest absolute Gasteiger partial charge is 0.308 e. The normalized spacial score (nSPS) is 14.5. The van der Waals surface area contributed by atoms with E-state index in [1.54, 1.807) is 0 Å². The number of nitrogens with one attached hydrogen (secondary N) is 1. The van der Waals surface area contributed by atoms with Crippen LogP contribution in [-0.2, 0) is 10.0 Å². The lowest BCUT2D eigenvalue weighted by Gasteiger charge is -2.28. The highest BCUT2D eigenvalue weighted by Gasteiger charge is 2.28. The third-order valence-corrected chi connectivity index (χ3v) is 4.57. The number of hydrogen-bond acceptors (Lipinski definition) is 4. The van der Waals surface area contributed by atoms with Gasteiger partial charge in [-0.25, -0.2) is 8.42 Å². The maximum atomic E-state index is 12.3. The first-order valence-electron chi connectivity index (χ1n) is 5.55. The molecule has 0 aromatic carbocycles. The summed E-state index contributed by atoms with van der Waals surface area (Å²) >= 11 is 0. The fourth-order valence-corrected chi connectivity index (χ4v) is 3.39. The van der Waals surface area contributed by atoms with Gasteiger partial charge in [0.2, 0.25) is 10.0 Å². The molecule has 6 nitrogen and oxygen atoms in total. The maximum absolute atomic E-state index is 12.3. The van der Waals surface area contributed by atoms with E-state index in [1.807, 2.05) is 32.8 Å². The molecule has 98 valence electrons. The molecule has 1 rings (SSSR count). The first-order chi connectivity index (χ1) is 7.89. The van der Waals surface area contributed by atoms with E-state index in [9.17, 15) is 8.42 Å². The lowest BCUT2D eigenvalue weighted by atomic mass is 10.3. The average Bonchev–Trinajstić information content (AvgIpc) is 2.69. The number of nitrogens with zero attached hydrogens (tertiary/aromatic N) is 3. The molecule has 17 heavy (non-hydrogen) atoms. The van der Waals surface area contributed by atoms with Gasteiger partial charge in [0.1, 0.15) is 4.90 Å². The van der Waals surface area contributed by atoms with Crippen molar-refractivity contribution >= 4 is 10.0 Å². The van der Waals surface area contributed by atoms with Crippen LogP contribution >= 0.6 is 0 Å². The van der Waals surface area contributed by atoms with Crippen molar-refractivity contribution in [2.75, 3.05) is 27.2 Å². The monoisotopic (exact) mass is 260 g/mol. The molecule has 1 atom stereocenters. The van der Waals surface area contributed by atoms with Crippen LogP contribution in [0.25, 0.3) is 0 Å². The van der Waals surface area contributed by atoms with Gasteiger partial charge >= 0.3 is 0 Å². The summed E-state index contributed by atoms with van der Waals surface area (Å²) in [7, 11) is 0.411. The number of sulfonamides is 1. The van der Waals surface area contributed by atoms with Crippen LogP contribution in [0.3, 0.4) is 0 Å². The Labute approximate surface area is 103 Å². The molecule has 0 aliphatic carbocycles. The highest BCUT2D eigenvalue weighted by atomic mass is 32.2. The minimum Gasteiger partial charge on any atom is -0.308 e. The predicted molar refractivity (Wildman–Crippen MR) is 66.2 cm³/mol. The lowest BCUT2D eigenvalue weighted by Crippen LogP contribution is -2.43. The van der Waals surface area contributed by atoms with Gasteiger partial charge in [0.25, 0.3) is 0 Å². The molecule has 7 heteroatoms. The molecule has 0 bridgehead atoms. The minimum absolute atomic E-state index is 0.0742. The van der Waals surface area contributed by atoms with Crippen LogP contribution in [0.4, 0.5) is 0 Å². The number of rotatable bonds is 6. The van der Waals surface area contributed by atoms with Gasteiger partial charge in [-0.2, -0.15) is 9.40 Å². The number of likely N-dealkylation sites (N-methyl/N-ethyl adjacent to an activating group) is 2. The molecular weight excluding hydrogens is 240 g/mol. The van der Waals surface area contributed by atoms with Crippen LogP contribution in [0.1, 0.15) is 13.8 Å². The zero-order valence-corrected chi connectivity index (χ0v) is 11.5. The van der Waals surface area contributed by atoms with Crippen LogP contribution in [0.2, 0.25) is 0 Å². The number of hydrogen-bond donors (Lipinski definition) is 1. The van der Waals surface area contributed by atoms with E-state index in [2.05, 4.69) is 10.2 Å². The number of aromatic nitrogens is 2. The van der Waals surface area contributed by atoms with Crippen LogP contribution in [0, 0.1) is 0 Å². The van der Waals surface area contributed by atoms with Gasteiger partial charge in [-0.1, -0.05) is 6.92 Å². The standard InChI is InChI=1S/C10H20N4O2S/c1-5-14(9(2)8-13(3)4)17(15,16)10-6-11-12-7-10/h6-7,9H,5,8H2,1-4H3,(H,11,12). The first kappa shape index (κ1) is 14.1. The van der Waals surface area contributed by atoms with Crippen molar-refractivity contribution in [3.8, 4) is 0 Å². The second kappa shape index (κ2) is 5.61. The minimum atomic E-state index is -3.44. The SMILES string of the molecule is CCN(C(C)CN(C)C)S(=O)(=O)c1cn[nH]c1. The van der Waals surface area contributed by atoms with E-state index < -0.39 is 10.0 Å². The molecule has 0 fully saturated rings. The van der Waals surface area contributed by atoms with Gasteiger partial charge in [-0.05, 0) is 21.0 Å². The summed E-state index contributed by atoms with van der Waals surface area (Å²) in [5, 5.41) is 6.21. The highest BCUT2D eigenvalue weighted by molar-refractivity contribution is 7.89. The van der Waals surface area contributed by atoms with Gasteiger partial charge in [0, 0.05) is 25.3 Å².